The van der Waals surface area contributed by atoms with E-state index in [1.54, 1.807) is 0 Å². The molecule has 0 aromatic rings. The van der Waals surface area contributed by atoms with Crippen LogP contribution in [0.4, 0.5) is 0 Å². The molecule has 0 radical (unpaired) electrons. The lowest BCUT2D eigenvalue weighted by Gasteiger charge is -2.06. The van der Waals surface area contributed by atoms with Crippen LogP contribution in [0.1, 0.15) is 20.3 Å². The van der Waals surface area contributed by atoms with Gasteiger partial charge in [-0.2, -0.15) is 0 Å². The molecule has 0 heterocycles. The fourth-order valence-corrected chi connectivity index (χ4v) is 0.706. The molecule has 1 N–H and O–H groups in total. The maximum atomic E-state index is 8.43. The van der Waals surface area contributed by atoms with Crippen LogP contribution >= 0.6 is 0 Å². The highest BCUT2D eigenvalue weighted by molar-refractivity contribution is 4.39. The number of hydrogen-bond donors (Lipinski definition) is 1. The van der Waals surface area contributed by atoms with Gasteiger partial charge in [-0.15, -0.1) is 0 Å². The number of hydrogen-bond acceptors (Lipinski definition) is 3. The first-order chi connectivity index (χ1) is 5.77. The predicted molar refractivity (Wildman–Crippen MR) is 48.2 cm³/mol. The van der Waals surface area contributed by atoms with E-state index in [1.165, 1.54) is 0 Å². The fourth-order valence-electron chi connectivity index (χ4n) is 0.706. The van der Waals surface area contributed by atoms with Gasteiger partial charge in [-0.05, 0) is 12.3 Å². The molecule has 0 atom stereocenters. The summed E-state index contributed by atoms with van der Waals surface area (Å²) in [4.78, 5) is 0. The standard InChI is InChI=1S/C9H20O3/c1-9(2)8-12-7-6-11-5-3-4-10/h9-10H,3-8H2,1-2H3. The van der Waals surface area contributed by atoms with Gasteiger partial charge in [0.15, 0.2) is 0 Å². The van der Waals surface area contributed by atoms with Gasteiger partial charge in [-0.3, -0.25) is 0 Å². The maximum Gasteiger partial charge on any atom is 0.0700 e. The number of aliphatic hydroxyl groups is 1. The Hall–Kier alpha value is -0.120. The van der Waals surface area contributed by atoms with Gasteiger partial charge in [0.05, 0.1) is 13.2 Å². The highest BCUT2D eigenvalue weighted by Crippen LogP contribution is 1.91. The summed E-state index contributed by atoms with van der Waals surface area (Å²) >= 11 is 0. The summed E-state index contributed by atoms with van der Waals surface area (Å²) in [6.45, 7) is 7.15. The highest BCUT2D eigenvalue weighted by atomic mass is 16.5. The van der Waals surface area contributed by atoms with Gasteiger partial charge in [0, 0.05) is 19.8 Å². The molecule has 3 nitrogen and oxygen atoms in total. The Bertz CT molecular complexity index is 83.8. The Labute approximate surface area is 74.7 Å². The molecular formula is C9H20O3. The Morgan fingerprint density at radius 3 is 2.33 bits per heavy atom. The second-order valence-electron chi connectivity index (χ2n) is 3.16. The molecule has 0 amide bonds. The molecule has 0 aromatic heterocycles. The molecule has 0 saturated heterocycles. The van der Waals surface area contributed by atoms with E-state index in [0.29, 0.717) is 32.2 Å². The molecule has 0 fully saturated rings. The highest BCUT2D eigenvalue weighted by Gasteiger charge is 1.93. The first-order valence-corrected chi connectivity index (χ1v) is 4.53. The van der Waals surface area contributed by atoms with Crippen LogP contribution in [-0.4, -0.2) is 38.1 Å². The van der Waals surface area contributed by atoms with Crippen molar-refractivity contribution in [3.8, 4) is 0 Å². The van der Waals surface area contributed by atoms with Gasteiger partial charge in [0.25, 0.3) is 0 Å². The molecule has 12 heavy (non-hydrogen) atoms. The number of ether oxygens (including phenoxy) is 2. The summed E-state index contributed by atoms with van der Waals surface area (Å²) < 4.78 is 10.5. The molecule has 0 aromatic carbocycles. The molecule has 0 saturated carbocycles. The van der Waals surface area contributed by atoms with E-state index >= 15 is 0 Å². The summed E-state index contributed by atoms with van der Waals surface area (Å²) in [6, 6.07) is 0. The van der Waals surface area contributed by atoms with Gasteiger partial charge in [-0.1, -0.05) is 13.8 Å². The SMILES string of the molecule is CC(C)COCCOCCCO. The van der Waals surface area contributed by atoms with E-state index in [1.807, 2.05) is 0 Å². The van der Waals surface area contributed by atoms with E-state index in [2.05, 4.69) is 13.8 Å². The Kier molecular flexibility index (Phi) is 8.88. The Balaban J connectivity index is 2.82. The lowest BCUT2D eigenvalue weighted by atomic mass is 10.2. The van der Waals surface area contributed by atoms with Crippen molar-refractivity contribution in [2.75, 3.05) is 33.0 Å². The van der Waals surface area contributed by atoms with Crippen LogP contribution in [0.3, 0.4) is 0 Å². The van der Waals surface area contributed by atoms with Crippen LogP contribution < -0.4 is 0 Å². The second-order valence-corrected chi connectivity index (χ2v) is 3.16. The third-order valence-corrected chi connectivity index (χ3v) is 1.27. The molecule has 74 valence electrons. The average Bonchev–Trinajstić information content (AvgIpc) is 2.02. The molecule has 3 heteroatoms. The van der Waals surface area contributed by atoms with Gasteiger partial charge in [0.2, 0.25) is 0 Å². The Morgan fingerprint density at radius 2 is 1.75 bits per heavy atom. The summed E-state index contributed by atoms with van der Waals surface area (Å²) in [6.07, 6.45) is 0.712. The van der Waals surface area contributed by atoms with Crippen molar-refractivity contribution in [3.05, 3.63) is 0 Å². The second kappa shape index (κ2) is 8.97. The number of aliphatic hydroxyl groups excluding tert-OH is 1. The molecule has 0 bridgehead atoms. The molecule has 0 spiro atoms. The van der Waals surface area contributed by atoms with Crippen molar-refractivity contribution < 1.29 is 14.6 Å². The van der Waals surface area contributed by atoms with Crippen molar-refractivity contribution in [2.45, 2.75) is 20.3 Å². The minimum Gasteiger partial charge on any atom is -0.396 e. The van der Waals surface area contributed by atoms with E-state index in [0.717, 1.165) is 6.61 Å². The largest absolute Gasteiger partial charge is 0.396 e. The lowest BCUT2D eigenvalue weighted by molar-refractivity contribution is 0.0336. The zero-order valence-corrected chi connectivity index (χ0v) is 8.08. The lowest BCUT2D eigenvalue weighted by Crippen LogP contribution is -2.09. The summed E-state index contributed by atoms with van der Waals surface area (Å²) in [7, 11) is 0. The monoisotopic (exact) mass is 176 g/mol. The van der Waals surface area contributed by atoms with Gasteiger partial charge >= 0.3 is 0 Å². The van der Waals surface area contributed by atoms with Crippen molar-refractivity contribution in [2.24, 2.45) is 5.92 Å². The maximum absolute atomic E-state index is 8.43. The van der Waals surface area contributed by atoms with Crippen LogP contribution in [0.5, 0.6) is 0 Å². The fraction of sp³-hybridized carbons (Fsp3) is 1.00. The minimum absolute atomic E-state index is 0.201. The van der Waals surface area contributed by atoms with E-state index in [4.69, 9.17) is 14.6 Å². The molecule has 0 rings (SSSR count). The quantitative estimate of drug-likeness (QED) is 0.562. The normalized spacial score (nSPS) is 11.0. The van der Waals surface area contributed by atoms with Crippen molar-refractivity contribution in [1.82, 2.24) is 0 Å². The first kappa shape index (κ1) is 11.9. The predicted octanol–water partition coefficient (Wildman–Crippen LogP) is 1.06. The molecule has 0 aliphatic heterocycles. The van der Waals surface area contributed by atoms with Crippen LogP contribution in [0.2, 0.25) is 0 Å². The third-order valence-electron chi connectivity index (χ3n) is 1.27. The van der Waals surface area contributed by atoms with Crippen LogP contribution in [-0.2, 0) is 9.47 Å². The zero-order valence-electron chi connectivity index (χ0n) is 8.08. The smallest absolute Gasteiger partial charge is 0.0700 e. The minimum atomic E-state index is 0.201. The molecular weight excluding hydrogens is 156 g/mol. The zero-order chi connectivity index (χ0) is 9.23. The summed E-state index contributed by atoms with van der Waals surface area (Å²) in [5.74, 6) is 0.586. The van der Waals surface area contributed by atoms with Crippen LogP contribution in [0.25, 0.3) is 0 Å². The van der Waals surface area contributed by atoms with Crippen molar-refractivity contribution in [1.29, 1.82) is 0 Å². The summed E-state index contributed by atoms with van der Waals surface area (Å²) in [5, 5.41) is 8.43. The van der Waals surface area contributed by atoms with E-state index < -0.39 is 0 Å². The van der Waals surface area contributed by atoms with E-state index in [9.17, 15) is 0 Å². The van der Waals surface area contributed by atoms with Gasteiger partial charge in [0.1, 0.15) is 0 Å². The van der Waals surface area contributed by atoms with E-state index in [-0.39, 0.29) is 6.61 Å². The molecule has 0 aliphatic carbocycles. The van der Waals surface area contributed by atoms with Crippen LogP contribution in [0, 0.1) is 5.92 Å². The van der Waals surface area contributed by atoms with Crippen LogP contribution in [0.15, 0.2) is 0 Å². The average molecular weight is 176 g/mol. The third kappa shape index (κ3) is 9.88. The molecule has 0 unspecified atom stereocenters. The number of rotatable bonds is 8. The molecule has 0 aliphatic rings. The first-order valence-electron chi connectivity index (χ1n) is 4.53. The van der Waals surface area contributed by atoms with Gasteiger partial charge < -0.3 is 14.6 Å². The Morgan fingerprint density at radius 1 is 1.08 bits per heavy atom. The van der Waals surface area contributed by atoms with Crippen molar-refractivity contribution >= 4 is 0 Å². The van der Waals surface area contributed by atoms with Gasteiger partial charge in [-0.25, -0.2) is 0 Å². The topological polar surface area (TPSA) is 38.7 Å². The van der Waals surface area contributed by atoms with Crippen molar-refractivity contribution in [3.63, 3.8) is 0 Å². The summed E-state index contributed by atoms with van der Waals surface area (Å²) in [5.41, 5.74) is 0.